The summed E-state index contributed by atoms with van der Waals surface area (Å²) in [5.41, 5.74) is 1.34. The van der Waals surface area contributed by atoms with Crippen LogP contribution in [0.25, 0.3) is 0 Å². The number of carbonyl (C=O) groups is 1. The highest BCUT2D eigenvalue weighted by Gasteiger charge is 2.52. The number of benzene rings is 2. The Bertz CT molecular complexity index is 841. The van der Waals surface area contributed by atoms with Gasteiger partial charge in [-0.3, -0.25) is 4.79 Å². The van der Waals surface area contributed by atoms with Crippen LogP contribution < -0.4 is 0 Å². The number of hydrogen-bond acceptors (Lipinski definition) is 4. The topological polar surface area (TPSA) is 66.8 Å². The summed E-state index contributed by atoms with van der Waals surface area (Å²) in [6.45, 7) is 4.25. The Hall–Kier alpha value is -2.49. The number of carbonyl (C=O) groups excluding carboxylic acids is 1. The van der Waals surface area contributed by atoms with Gasteiger partial charge in [0.2, 0.25) is 0 Å². The van der Waals surface area contributed by atoms with Crippen molar-refractivity contribution in [1.82, 2.24) is 0 Å². The quantitative estimate of drug-likeness (QED) is 0.577. The van der Waals surface area contributed by atoms with Gasteiger partial charge in [0, 0.05) is 11.8 Å². The number of aromatic hydroxyl groups is 2. The maximum absolute atomic E-state index is 13.0. The third kappa shape index (κ3) is 3.80. The van der Waals surface area contributed by atoms with Crippen LogP contribution in [0.3, 0.4) is 0 Å². The minimum Gasteiger partial charge on any atom is -0.508 e. The van der Waals surface area contributed by atoms with Crippen LogP contribution in [0.1, 0.15) is 69.9 Å². The second-order valence-corrected chi connectivity index (χ2v) is 9.40. The molecule has 0 aliphatic heterocycles. The second kappa shape index (κ2) is 7.98. The first-order valence-electron chi connectivity index (χ1n) is 11.2. The number of fused-ring (bicyclic) bond motifs is 2. The maximum Gasteiger partial charge on any atom is 0.306 e. The monoisotopic (exact) mass is 408 g/mol. The molecular weight excluding hydrogens is 376 g/mol. The van der Waals surface area contributed by atoms with E-state index in [2.05, 4.69) is 13.8 Å². The first kappa shape index (κ1) is 20.8. The van der Waals surface area contributed by atoms with Gasteiger partial charge in [-0.1, -0.05) is 38.1 Å². The summed E-state index contributed by atoms with van der Waals surface area (Å²) < 4.78 is 6.17. The molecule has 4 heteroatoms. The van der Waals surface area contributed by atoms with Crippen molar-refractivity contribution < 1.29 is 19.7 Å². The van der Waals surface area contributed by atoms with E-state index in [1.807, 2.05) is 24.3 Å². The van der Waals surface area contributed by atoms with Crippen LogP contribution in [0, 0.1) is 11.8 Å². The predicted molar refractivity (Wildman–Crippen MR) is 116 cm³/mol. The zero-order chi connectivity index (χ0) is 21.4. The normalized spacial score (nSPS) is 25.4. The number of rotatable bonds is 7. The van der Waals surface area contributed by atoms with E-state index in [1.54, 1.807) is 24.3 Å². The van der Waals surface area contributed by atoms with Crippen molar-refractivity contribution in [2.24, 2.45) is 11.8 Å². The van der Waals surface area contributed by atoms with Crippen LogP contribution in [-0.4, -0.2) is 21.8 Å². The number of ether oxygens (including phenoxy) is 1. The Morgan fingerprint density at radius 2 is 1.60 bits per heavy atom. The number of phenolic OH excluding ortho intramolecular Hbond substituents is 2. The summed E-state index contributed by atoms with van der Waals surface area (Å²) in [4.78, 5) is 13.0. The average Bonchev–Trinajstić information content (AvgIpc) is 3.34. The van der Waals surface area contributed by atoms with Gasteiger partial charge in [-0.15, -0.1) is 0 Å². The van der Waals surface area contributed by atoms with Crippen molar-refractivity contribution in [3.8, 4) is 11.5 Å². The van der Waals surface area contributed by atoms with E-state index in [0.717, 1.165) is 29.9 Å². The third-order valence-corrected chi connectivity index (χ3v) is 7.67. The Morgan fingerprint density at radius 3 is 2.03 bits per heavy atom. The molecular formula is C26H32O4. The van der Waals surface area contributed by atoms with Gasteiger partial charge in [-0.25, -0.2) is 0 Å². The van der Waals surface area contributed by atoms with E-state index in [1.165, 1.54) is 19.3 Å². The van der Waals surface area contributed by atoms with Gasteiger partial charge in [0.15, 0.2) is 0 Å². The van der Waals surface area contributed by atoms with Crippen molar-refractivity contribution in [1.29, 1.82) is 0 Å². The van der Waals surface area contributed by atoms with Gasteiger partial charge < -0.3 is 14.9 Å². The van der Waals surface area contributed by atoms with Gasteiger partial charge in [0.25, 0.3) is 0 Å². The number of phenols is 2. The highest BCUT2D eigenvalue weighted by Crippen LogP contribution is 2.54. The zero-order valence-corrected chi connectivity index (χ0v) is 17.9. The summed E-state index contributed by atoms with van der Waals surface area (Å²) in [6.07, 6.45) is 6.51. The standard InChI is InChI=1S/C26H32O4/c1-3-26(17-18-4-5-21(26)16-18)30-24(29)14-15-25(2,19-6-10-22(27)11-7-19)20-8-12-23(28)13-9-20/h6-13,18,21,27-28H,3-5,14-17H2,1-2H3/t18-,21+,26+/m1/s1. The largest absolute Gasteiger partial charge is 0.508 e. The molecule has 3 atom stereocenters. The lowest BCUT2D eigenvalue weighted by molar-refractivity contribution is -0.166. The predicted octanol–water partition coefficient (Wildman–Crippen LogP) is 5.70. The molecule has 2 N–H and O–H groups in total. The molecule has 2 aliphatic rings. The lowest BCUT2D eigenvalue weighted by atomic mass is 9.73. The zero-order valence-electron chi connectivity index (χ0n) is 17.9. The summed E-state index contributed by atoms with van der Waals surface area (Å²) >= 11 is 0. The summed E-state index contributed by atoms with van der Waals surface area (Å²) in [7, 11) is 0. The van der Waals surface area contributed by atoms with Crippen LogP contribution in [0.15, 0.2) is 48.5 Å². The van der Waals surface area contributed by atoms with Crippen molar-refractivity contribution in [2.75, 3.05) is 0 Å². The van der Waals surface area contributed by atoms with Gasteiger partial charge in [-0.05, 0) is 85.8 Å². The minimum atomic E-state index is -0.436. The molecule has 4 nitrogen and oxygen atoms in total. The molecule has 2 bridgehead atoms. The van der Waals surface area contributed by atoms with Crippen molar-refractivity contribution in [3.05, 3.63) is 59.7 Å². The van der Waals surface area contributed by atoms with E-state index >= 15 is 0 Å². The Balaban J connectivity index is 1.53. The molecule has 2 aliphatic carbocycles. The second-order valence-electron chi connectivity index (χ2n) is 9.40. The van der Waals surface area contributed by atoms with E-state index < -0.39 is 5.41 Å². The Labute approximate surface area is 178 Å². The van der Waals surface area contributed by atoms with E-state index in [4.69, 9.17) is 4.74 Å². The first-order chi connectivity index (χ1) is 14.3. The Morgan fingerprint density at radius 1 is 1.03 bits per heavy atom. The number of esters is 1. The van der Waals surface area contributed by atoms with Crippen LogP contribution >= 0.6 is 0 Å². The Kier molecular flexibility index (Phi) is 5.52. The molecule has 2 fully saturated rings. The molecule has 2 aromatic carbocycles. The van der Waals surface area contributed by atoms with Crippen LogP contribution in [0.4, 0.5) is 0 Å². The molecule has 160 valence electrons. The van der Waals surface area contributed by atoms with Gasteiger partial charge in [-0.2, -0.15) is 0 Å². The molecule has 4 rings (SSSR count). The highest BCUT2D eigenvalue weighted by molar-refractivity contribution is 5.70. The fraction of sp³-hybridized carbons (Fsp3) is 0.500. The van der Waals surface area contributed by atoms with Crippen LogP contribution in [0.5, 0.6) is 11.5 Å². The maximum atomic E-state index is 13.0. The molecule has 0 unspecified atom stereocenters. The van der Waals surface area contributed by atoms with Crippen molar-refractivity contribution >= 4 is 5.97 Å². The summed E-state index contributed by atoms with van der Waals surface area (Å²) in [5, 5.41) is 19.4. The molecule has 2 aromatic rings. The summed E-state index contributed by atoms with van der Waals surface area (Å²) in [5.74, 6) is 1.56. The fourth-order valence-corrected chi connectivity index (χ4v) is 5.77. The SMILES string of the molecule is CC[C@]1(OC(=O)CCC(C)(c2ccc(O)cc2)c2ccc(O)cc2)C[C@@H]2CC[C@H]1C2. The summed E-state index contributed by atoms with van der Waals surface area (Å²) in [6, 6.07) is 14.3. The van der Waals surface area contributed by atoms with Gasteiger partial charge in [0.05, 0.1) is 0 Å². The molecule has 30 heavy (non-hydrogen) atoms. The third-order valence-electron chi connectivity index (χ3n) is 7.67. The van der Waals surface area contributed by atoms with Gasteiger partial charge >= 0.3 is 5.97 Å². The minimum absolute atomic E-state index is 0.117. The fourth-order valence-electron chi connectivity index (χ4n) is 5.77. The lowest BCUT2D eigenvalue weighted by Gasteiger charge is -2.37. The molecule has 0 heterocycles. The van der Waals surface area contributed by atoms with Crippen LogP contribution in [-0.2, 0) is 14.9 Å². The molecule has 0 saturated heterocycles. The molecule has 0 amide bonds. The first-order valence-corrected chi connectivity index (χ1v) is 11.2. The molecule has 0 radical (unpaired) electrons. The van der Waals surface area contributed by atoms with Crippen LogP contribution in [0.2, 0.25) is 0 Å². The average molecular weight is 409 g/mol. The van der Waals surface area contributed by atoms with Crippen molar-refractivity contribution in [2.45, 2.75) is 69.8 Å². The van der Waals surface area contributed by atoms with E-state index in [-0.39, 0.29) is 23.1 Å². The van der Waals surface area contributed by atoms with E-state index in [9.17, 15) is 15.0 Å². The molecule has 0 aromatic heterocycles. The van der Waals surface area contributed by atoms with Gasteiger partial charge in [0.1, 0.15) is 17.1 Å². The molecule has 0 spiro atoms. The smallest absolute Gasteiger partial charge is 0.306 e. The lowest BCUT2D eigenvalue weighted by Crippen LogP contribution is -2.40. The highest BCUT2D eigenvalue weighted by atomic mass is 16.6. The molecule has 2 saturated carbocycles. The number of hydrogen-bond donors (Lipinski definition) is 2. The van der Waals surface area contributed by atoms with E-state index in [0.29, 0.717) is 18.8 Å². The van der Waals surface area contributed by atoms with Crippen molar-refractivity contribution in [3.63, 3.8) is 0 Å².